The molecule has 3 nitrogen and oxygen atoms in total. The molecule has 1 aromatic carbocycles. The zero-order valence-electron chi connectivity index (χ0n) is 7.90. The van der Waals surface area contributed by atoms with E-state index in [0.717, 1.165) is 25.9 Å². The molecule has 0 spiro atoms. The molecule has 1 aliphatic rings. The minimum atomic E-state index is -0.176. The maximum Gasteiger partial charge on any atom is 0.257 e. The van der Waals surface area contributed by atoms with E-state index in [1.54, 1.807) is 23.1 Å². The number of carbonyl (C=O) groups excluding carboxylic acids is 1. The number of nitrogens with zero attached hydrogens (tertiary/aromatic N) is 1. The second kappa shape index (κ2) is 3.70. The van der Waals surface area contributed by atoms with Crippen LogP contribution in [0.1, 0.15) is 23.2 Å². The van der Waals surface area contributed by atoms with E-state index in [4.69, 9.17) is 0 Å². The monoisotopic (exact) mass is 190 g/mol. The molecule has 3 heteroatoms. The maximum atomic E-state index is 11.8. The average Bonchev–Trinajstić information content (AvgIpc) is 2.70. The van der Waals surface area contributed by atoms with Crippen LogP contribution in [0.25, 0.3) is 0 Å². The number of hydrogen-bond acceptors (Lipinski definition) is 1. The number of para-hydroxylation sites is 1. The first-order valence-electron chi connectivity index (χ1n) is 4.84. The van der Waals surface area contributed by atoms with Crippen LogP contribution >= 0.6 is 0 Å². The van der Waals surface area contributed by atoms with E-state index in [1.165, 1.54) is 6.07 Å². The van der Waals surface area contributed by atoms with Crippen LogP contribution in [0.5, 0.6) is 5.75 Å². The lowest BCUT2D eigenvalue weighted by Gasteiger charge is -2.14. The number of benzene rings is 1. The van der Waals surface area contributed by atoms with Gasteiger partial charge in [-0.3, -0.25) is 9.90 Å². The summed E-state index contributed by atoms with van der Waals surface area (Å²) in [5, 5.41) is 11.4. The predicted molar refractivity (Wildman–Crippen MR) is 51.7 cm³/mol. The van der Waals surface area contributed by atoms with Gasteiger partial charge in [0.25, 0.3) is 5.91 Å². The molecule has 0 aromatic heterocycles. The Morgan fingerprint density at radius 3 is 2.43 bits per heavy atom. The fourth-order valence-corrected chi connectivity index (χ4v) is 1.73. The molecule has 0 bridgehead atoms. The summed E-state index contributed by atoms with van der Waals surface area (Å²) in [6.07, 6.45) is 2.10. The van der Waals surface area contributed by atoms with Crippen LogP contribution in [0.2, 0.25) is 0 Å². The number of amides is 1. The second-order valence-electron chi connectivity index (χ2n) is 3.50. The van der Waals surface area contributed by atoms with Gasteiger partial charge in [-0.25, -0.2) is 0 Å². The fourth-order valence-electron chi connectivity index (χ4n) is 1.73. The molecule has 1 amide bonds. The lowest BCUT2D eigenvalue weighted by atomic mass is 10.2. The van der Waals surface area contributed by atoms with Crippen molar-refractivity contribution in [2.24, 2.45) is 0 Å². The topological polar surface area (TPSA) is 40.2 Å². The number of hydrogen-bond donors (Lipinski definition) is 0. The van der Waals surface area contributed by atoms with Gasteiger partial charge in [0.05, 0.1) is 5.56 Å². The number of likely N-dealkylation sites (tertiary alicyclic amines) is 1. The van der Waals surface area contributed by atoms with Gasteiger partial charge < -0.3 is 4.90 Å². The smallest absolute Gasteiger partial charge is 0.257 e. The Hall–Kier alpha value is -1.51. The first-order valence-corrected chi connectivity index (χ1v) is 4.84. The fraction of sp³-hybridized carbons (Fsp3) is 0.364. The highest BCUT2D eigenvalue weighted by Gasteiger charge is 2.21. The SMILES string of the molecule is [O]c1ccccc1C(=O)N1CCCC1. The normalized spacial score (nSPS) is 15.9. The Bertz CT molecular complexity index is 343. The van der Waals surface area contributed by atoms with Crippen LogP contribution in [0.4, 0.5) is 0 Å². The molecule has 1 aliphatic heterocycles. The van der Waals surface area contributed by atoms with Gasteiger partial charge in [0.2, 0.25) is 0 Å². The first-order chi connectivity index (χ1) is 6.79. The standard InChI is InChI=1S/C11H12NO2/c13-10-6-2-1-5-9(10)11(14)12-7-3-4-8-12/h1-2,5-6H,3-4,7-8H2. The Morgan fingerprint density at radius 1 is 1.14 bits per heavy atom. The van der Waals surface area contributed by atoms with Crippen molar-refractivity contribution in [1.29, 1.82) is 0 Å². The van der Waals surface area contributed by atoms with Crippen LogP contribution in [-0.4, -0.2) is 23.9 Å². The molecule has 1 heterocycles. The molecule has 73 valence electrons. The van der Waals surface area contributed by atoms with Gasteiger partial charge in [-0.1, -0.05) is 12.1 Å². The lowest BCUT2D eigenvalue weighted by Crippen LogP contribution is -2.27. The summed E-state index contributed by atoms with van der Waals surface area (Å²) in [4.78, 5) is 13.5. The van der Waals surface area contributed by atoms with Gasteiger partial charge in [-0.2, -0.15) is 0 Å². The Kier molecular flexibility index (Phi) is 2.39. The van der Waals surface area contributed by atoms with Gasteiger partial charge in [0, 0.05) is 13.1 Å². The molecule has 14 heavy (non-hydrogen) atoms. The lowest BCUT2D eigenvalue weighted by molar-refractivity contribution is 0.0788. The third kappa shape index (κ3) is 1.58. The summed E-state index contributed by atoms with van der Waals surface area (Å²) in [5.74, 6) is -0.294. The third-order valence-electron chi connectivity index (χ3n) is 2.51. The highest BCUT2D eigenvalue weighted by atomic mass is 16.3. The van der Waals surface area contributed by atoms with Gasteiger partial charge in [-0.15, -0.1) is 0 Å². The summed E-state index contributed by atoms with van der Waals surface area (Å²) in [6, 6.07) is 6.42. The molecule has 0 N–H and O–H groups in total. The van der Waals surface area contributed by atoms with Gasteiger partial charge in [0.1, 0.15) is 0 Å². The molecule has 0 unspecified atom stereocenters. The minimum absolute atomic E-state index is 0.117. The third-order valence-corrected chi connectivity index (χ3v) is 2.51. The van der Waals surface area contributed by atoms with Gasteiger partial charge in [-0.05, 0) is 25.0 Å². The van der Waals surface area contributed by atoms with Gasteiger partial charge >= 0.3 is 0 Å². The first kappa shape index (κ1) is 9.06. The zero-order valence-corrected chi connectivity index (χ0v) is 7.90. The van der Waals surface area contributed by atoms with E-state index in [9.17, 15) is 9.90 Å². The van der Waals surface area contributed by atoms with E-state index in [-0.39, 0.29) is 11.7 Å². The largest absolute Gasteiger partial charge is 0.339 e. The average molecular weight is 190 g/mol. The molecular weight excluding hydrogens is 178 g/mol. The van der Waals surface area contributed by atoms with Crippen LogP contribution in [-0.2, 0) is 5.11 Å². The Morgan fingerprint density at radius 2 is 1.79 bits per heavy atom. The van der Waals surface area contributed by atoms with E-state index >= 15 is 0 Å². The second-order valence-corrected chi connectivity index (χ2v) is 3.50. The van der Waals surface area contributed by atoms with Crippen molar-refractivity contribution in [1.82, 2.24) is 4.90 Å². The highest BCUT2D eigenvalue weighted by Crippen LogP contribution is 2.20. The Labute approximate surface area is 83.0 Å². The van der Waals surface area contributed by atoms with Crippen molar-refractivity contribution < 1.29 is 9.90 Å². The molecule has 1 radical (unpaired) electrons. The summed E-state index contributed by atoms with van der Waals surface area (Å²) >= 11 is 0. The van der Waals surface area contributed by atoms with Crippen LogP contribution in [0, 0.1) is 0 Å². The predicted octanol–water partition coefficient (Wildman–Crippen LogP) is 2.07. The van der Waals surface area contributed by atoms with Crippen molar-refractivity contribution in [3.63, 3.8) is 0 Å². The molecule has 1 saturated heterocycles. The summed E-state index contributed by atoms with van der Waals surface area (Å²) in [7, 11) is 0. The van der Waals surface area contributed by atoms with Crippen LogP contribution in [0.3, 0.4) is 0 Å². The molecule has 0 aliphatic carbocycles. The summed E-state index contributed by atoms with van der Waals surface area (Å²) in [6.45, 7) is 1.57. The van der Waals surface area contributed by atoms with Crippen molar-refractivity contribution in [3.8, 4) is 5.75 Å². The molecule has 0 saturated carbocycles. The molecule has 1 fully saturated rings. The summed E-state index contributed by atoms with van der Waals surface area (Å²) in [5.41, 5.74) is 0.300. The minimum Gasteiger partial charge on any atom is -0.339 e. The van der Waals surface area contributed by atoms with E-state index in [0.29, 0.717) is 5.56 Å². The molecule has 1 aromatic rings. The van der Waals surface area contributed by atoms with E-state index in [1.807, 2.05) is 0 Å². The summed E-state index contributed by atoms with van der Waals surface area (Å²) < 4.78 is 0. The van der Waals surface area contributed by atoms with Crippen molar-refractivity contribution >= 4 is 5.91 Å². The zero-order chi connectivity index (χ0) is 9.97. The van der Waals surface area contributed by atoms with Crippen molar-refractivity contribution in [2.75, 3.05) is 13.1 Å². The number of rotatable bonds is 1. The van der Waals surface area contributed by atoms with Crippen molar-refractivity contribution in [3.05, 3.63) is 29.8 Å². The molecule has 0 atom stereocenters. The maximum absolute atomic E-state index is 11.8. The van der Waals surface area contributed by atoms with Gasteiger partial charge in [0.15, 0.2) is 5.75 Å². The quantitative estimate of drug-likeness (QED) is 0.668. The highest BCUT2D eigenvalue weighted by molar-refractivity contribution is 5.96. The van der Waals surface area contributed by atoms with E-state index < -0.39 is 0 Å². The number of carbonyl (C=O) groups is 1. The Balaban J connectivity index is 2.22. The van der Waals surface area contributed by atoms with E-state index in [2.05, 4.69) is 0 Å². The van der Waals surface area contributed by atoms with Crippen molar-refractivity contribution in [2.45, 2.75) is 12.8 Å². The molecular formula is C11H12NO2. The molecule has 2 rings (SSSR count). The van der Waals surface area contributed by atoms with Crippen LogP contribution < -0.4 is 0 Å². The van der Waals surface area contributed by atoms with Crippen LogP contribution in [0.15, 0.2) is 24.3 Å².